The van der Waals surface area contributed by atoms with E-state index in [9.17, 15) is 0 Å². The molecule has 4 rings (SSSR count). The number of aromatic nitrogens is 3. The highest BCUT2D eigenvalue weighted by atomic mass is 32.2. The van der Waals surface area contributed by atoms with E-state index < -0.39 is 0 Å². The molecule has 4 heterocycles. The van der Waals surface area contributed by atoms with E-state index in [1.54, 1.807) is 0 Å². The van der Waals surface area contributed by atoms with Crippen molar-refractivity contribution >= 4 is 22.9 Å². The fraction of sp³-hybridized carbons (Fsp3) is 0.647. The second kappa shape index (κ2) is 6.59. The number of pyridine rings is 1. The third-order valence-electron chi connectivity index (χ3n) is 4.66. The largest absolute Gasteiger partial charge is 0.376 e. The van der Waals surface area contributed by atoms with Gasteiger partial charge in [-0.15, -0.1) is 0 Å². The van der Waals surface area contributed by atoms with E-state index >= 15 is 0 Å². The minimum atomic E-state index is 0.320. The van der Waals surface area contributed by atoms with Crippen molar-refractivity contribution in [3.05, 3.63) is 24.2 Å². The molecule has 0 amide bonds. The van der Waals surface area contributed by atoms with Crippen molar-refractivity contribution in [2.75, 3.05) is 12.4 Å². The smallest absolute Gasteiger partial charge is 0.160 e. The van der Waals surface area contributed by atoms with Crippen molar-refractivity contribution in [2.45, 2.75) is 56.4 Å². The zero-order valence-electron chi connectivity index (χ0n) is 12.9. The van der Waals surface area contributed by atoms with Crippen LogP contribution in [0.3, 0.4) is 0 Å². The first-order valence-corrected chi connectivity index (χ1v) is 9.51. The summed E-state index contributed by atoms with van der Waals surface area (Å²) < 4.78 is 8.30. The van der Waals surface area contributed by atoms with E-state index in [1.807, 2.05) is 12.3 Å². The quantitative estimate of drug-likeness (QED) is 0.859. The normalized spacial score (nSPS) is 26.4. The molecule has 2 aliphatic heterocycles. The average Bonchev–Trinajstić information content (AvgIpc) is 2.95. The summed E-state index contributed by atoms with van der Waals surface area (Å²) >= 11 is 2.06. The molecule has 2 unspecified atom stereocenters. The first-order valence-electron chi connectivity index (χ1n) is 8.46. The third kappa shape index (κ3) is 2.88. The van der Waals surface area contributed by atoms with Gasteiger partial charge < -0.3 is 9.30 Å². The molecule has 0 aliphatic carbocycles. The van der Waals surface area contributed by atoms with Gasteiger partial charge in [0.1, 0.15) is 11.3 Å². The summed E-state index contributed by atoms with van der Waals surface area (Å²) in [6.07, 6.45) is 9.71. The molecule has 2 atom stereocenters. The van der Waals surface area contributed by atoms with Crippen molar-refractivity contribution in [2.24, 2.45) is 0 Å². The molecule has 0 radical (unpaired) electrons. The summed E-state index contributed by atoms with van der Waals surface area (Å²) in [6, 6.07) is 4.06. The highest BCUT2D eigenvalue weighted by molar-refractivity contribution is 7.99. The molecule has 0 aromatic carbocycles. The Morgan fingerprint density at radius 2 is 2.18 bits per heavy atom. The van der Waals surface area contributed by atoms with E-state index in [2.05, 4.69) is 27.4 Å². The maximum Gasteiger partial charge on any atom is 0.160 e. The molecular formula is C17H23N3OS. The van der Waals surface area contributed by atoms with Gasteiger partial charge in [0.15, 0.2) is 5.65 Å². The van der Waals surface area contributed by atoms with Crippen LogP contribution in [0.2, 0.25) is 0 Å². The molecule has 4 nitrogen and oxygen atoms in total. The van der Waals surface area contributed by atoms with Crippen LogP contribution in [-0.2, 0) is 11.3 Å². The Morgan fingerprint density at radius 1 is 1.23 bits per heavy atom. The maximum atomic E-state index is 5.96. The lowest BCUT2D eigenvalue weighted by molar-refractivity contribution is 0.00607. The van der Waals surface area contributed by atoms with Crippen LogP contribution in [0.25, 0.3) is 11.2 Å². The second-order valence-electron chi connectivity index (χ2n) is 6.27. The van der Waals surface area contributed by atoms with Gasteiger partial charge >= 0.3 is 0 Å². The Morgan fingerprint density at radius 3 is 3.00 bits per heavy atom. The second-order valence-corrected chi connectivity index (χ2v) is 7.58. The summed E-state index contributed by atoms with van der Waals surface area (Å²) in [5.74, 6) is 2.47. The molecule has 2 aromatic rings. The highest BCUT2D eigenvalue weighted by Gasteiger charge is 2.25. The maximum absolute atomic E-state index is 5.96. The number of nitrogens with zero attached hydrogens (tertiary/aromatic N) is 3. The van der Waals surface area contributed by atoms with E-state index in [0.29, 0.717) is 11.4 Å². The number of rotatable bonds is 3. The number of hydrogen-bond donors (Lipinski definition) is 0. The van der Waals surface area contributed by atoms with Crippen molar-refractivity contribution in [3.8, 4) is 0 Å². The van der Waals surface area contributed by atoms with Crippen LogP contribution in [0.1, 0.15) is 49.6 Å². The Labute approximate surface area is 135 Å². The molecule has 2 fully saturated rings. The number of hydrogen-bond acceptors (Lipinski definition) is 4. The minimum absolute atomic E-state index is 0.320. The lowest BCUT2D eigenvalue weighted by Gasteiger charge is -2.26. The minimum Gasteiger partial charge on any atom is -0.376 e. The standard InChI is InChI=1S/C17H23N3OS/c1-3-10-21-13(6-1)12-20-16-14(7-5-9-18-16)19-17(20)15-8-2-4-11-22-15/h5,7,9,13,15H,1-4,6,8,10-12H2. The molecule has 0 saturated carbocycles. The van der Waals surface area contributed by atoms with Crippen LogP contribution in [0.15, 0.2) is 18.3 Å². The Bertz CT molecular complexity index is 630. The van der Waals surface area contributed by atoms with Gasteiger partial charge in [-0.25, -0.2) is 9.97 Å². The third-order valence-corrected chi connectivity index (χ3v) is 6.03. The van der Waals surface area contributed by atoms with Gasteiger partial charge in [0.05, 0.1) is 17.9 Å². The van der Waals surface area contributed by atoms with Crippen LogP contribution in [0.5, 0.6) is 0 Å². The number of ether oxygens (including phenoxy) is 1. The SMILES string of the molecule is c1cnc2c(c1)nc(C1CCCCS1)n2CC1CCCCO1. The van der Waals surface area contributed by atoms with Crippen molar-refractivity contribution in [3.63, 3.8) is 0 Å². The Balaban J connectivity index is 1.69. The molecule has 5 heteroatoms. The summed E-state index contributed by atoms with van der Waals surface area (Å²) in [5, 5.41) is 0.520. The van der Waals surface area contributed by atoms with Crippen LogP contribution in [-0.4, -0.2) is 33.0 Å². The lowest BCUT2D eigenvalue weighted by atomic mass is 10.1. The first kappa shape index (κ1) is 14.5. The number of imidazole rings is 1. The van der Waals surface area contributed by atoms with Gasteiger partial charge in [0.25, 0.3) is 0 Å². The summed E-state index contributed by atoms with van der Waals surface area (Å²) in [7, 11) is 0. The van der Waals surface area contributed by atoms with Crippen molar-refractivity contribution in [1.29, 1.82) is 0 Å². The molecular weight excluding hydrogens is 294 g/mol. The zero-order valence-corrected chi connectivity index (χ0v) is 13.7. The van der Waals surface area contributed by atoms with Gasteiger partial charge in [-0.2, -0.15) is 11.8 Å². The monoisotopic (exact) mass is 317 g/mol. The van der Waals surface area contributed by atoms with Crippen LogP contribution in [0.4, 0.5) is 0 Å². The molecule has 118 valence electrons. The van der Waals surface area contributed by atoms with Crippen LogP contribution in [0, 0.1) is 0 Å². The van der Waals surface area contributed by atoms with Gasteiger partial charge in [-0.3, -0.25) is 0 Å². The predicted molar refractivity (Wildman–Crippen MR) is 90.2 cm³/mol. The first-order chi connectivity index (χ1) is 10.9. The molecule has 0 bridgehead atoms. The molecule has 22 heavy (non-hydrogen) atoms. The summed E-state index contributed by atoms with van der Waals surface area (Å²) in [6.45, 7) is 1.80. The number of thioether (sulfide) groups is 1. The van der Waals surface area contributed by atoms with E-state index in [1.165, 1.54) is 43.7 Å². The van der Waals surface area contributed by atoms with Crippen LogP contribution >= 0.6 is 11.8 Å². The van der Waals surface area contributed by atoms with E-state index in [-0.39, 0.29) is 0 Å². The Hall–Kier alpha value is -1.07. The molecule has 2 saturated heterocycles. The van der Waals surface area contributed by atoms with Crippen molar-refractivity contribution in [1.82, 2.24) is 14.5 Å². The summed E-state index contributed by atoms with van der Waals surface area (Å²) in [4.78, 5) is 9.52. The lowest BCUT2D eigenvalue weighted by Crippen LogP contribution is -2.26. The van der Waals surface area contributed by atoms with Gasteiger partial charge in [-0.1, -0.05) is 6.42 Å². The van der Waals surface area contributed by atoms with Gasteiger partial charge in [0.2, 0.25) is 0 Å². The predicted octanol–water partition coefficient (Wildman–Crippen LogP) is 3.96. The highest BCUT2D eigenvalue weighted by Crippen LogP contribution is 2.39. The topological polar surface area (TPSA) is 39.9 Å². The molecule has 2 aliphatic rings. The fourth-order valence-corrected chi connectivity index (χ4v) is 4.82. The Kier molecular flexibility index (Phi) is 4.35. The zero-order chi connectivity index (χ0) is 14.8. The molecule has 0 spiro atoms. The van der Waals surface area contributed by atoms with Gasteiger partial charge in [-0.05, 0) is 50.0 Å². The molecule has 0 N–H and O–H groups in total. The van der Waals surface area contributed by atoms with Crippen molar-refractivity contribution < 1.29 is 4.74 Å². The van der Waals surface area contributed by atoms with E-state index in [0.717, 1.165) is 30.7 Å². The number of fused-ring (bicyclic) bond motifs is 1. The molecule has 2 aromatic heterocycles. The average molecular weight is 317 g/mol. The fourth-order valence-electron chi connectivity index (χ4n) is 3.50. The summed E-state index contributed by atoms with van der Waals surface area (Å²) in [5.41, 5.74) is 2.05. The van der Waals surface area contributed by atoms with Crippen LogP contribution < -0.4 is 0 Å². The van der Waals surface area contributed by atoms with Gasteiger partial charge in [0, 0.05) is 12.8 Å². The van der Waals surface area contributed by atoms with E-state index in [4.69, 9.17) is 9.72 Å².